The maximum Gasteiger partial charge on any atom is 0.472 e. The fourth-order valence-electron chi connectivity index (χ4n) is 11.2. The third kappa shape index (κ3) is 26.2. The van der Waals surface area contributed by atoms with E-state index in [-0.39, 0.29) is 12.8 Å². The number of phosphoric acid groups is 1. The third-order valence-corrected chi connectivity index (χ3v) is 17.8. The van der Waals surface area contributed by atoms with E-state index in [2.05, 4.69) is 13.8 Å². The molecular formula is C59H109O28P. The molecule has 518 valence electrons. The minimum atomic E-state index is -5.74. The van der Waals surface area contributed by atoms with E-state index < -0.39 is 188 Å². The molecule has 4 rings (SSSR count). The van der Waals surface area contributed by atoms with Crippen molar-refractivity contribution in [2.24, 2.45) is 0 Å². The molecule has 1 aliphatic carbocycles. The van der Waals surface area contributed by atoms with Crippen LogP contribution >= 0.6 is 7.82 Å². The highest BCUT2D eigenvalue weighted by atomic mass is 31.2. The van der Waals surface area contributed by atoms with Gasteiger partial charge in [-0.25, -0.2) is 4.57 Å². The van der Waals surface area contributed by atoms with Crippen molar-refractivity contribution in [3.63, 3.8) is 0 Å². The summed E-state index contributed by atoms with van der Waals surface area (Å²) in [5, 5.41) is 150. The van der Waals surface area contributed by atoms with Crippen molar-refractivity contribution >= 4 is 19.8 Å². The van der Waals surface area contributed by atoms with E-state index in [1.54, 1.807) is 0 Å². The van der Waals surface area contributed by atoms with Crippen molar-refractivity contribution in [2.75, 3.05) is 33.0 Å². The molecule has 15 N–H and O–H groups in total. The molecule has 28 nitrogen and oxygen atoms in total. The smallest absolute Gasteiger partial charge is 0.462 e. The van der Waals surface area contributed by atoms with Gasteiger partial charge in [-0.15, -0.1) is 0 Å². The second-order valence-electron chi connectivity index (χ2n) is 24.0. The lowest BCUT2D eigenvalue weighted by Crippen LogP contribution is -2.69. The number of carbonyl (C=O) groups excluding carboxylic acids is 2. The van der Waals surface area contributed by atoms with E-state index in [9.17, 15) is 90.5 Å². The standard InChI is InChI=1S/C59H109O28P/c1-3-5-7-9-11-13-15-17-19-21-23-25-27-29-40(62)78-33-36(81-41(63)30-28-26-24-22-20-18-16-14-12-10-8-6-4-2)34-80-88(76,77)87-56-54(85-58-52(74)46(68)43(65)38(32-61)83-58)49(71)48(70)50(72)55(56)86-59-53(75)47(69)44(66)39(84-59)35-79-57-51(73)45(67)42(64)37(31-60)82-57/h36-39,42-61,64-75H,3-35H2,1-2H3,(H,76,77)/t36-,37?,38?,39?,42+,43-,44+,45?,46?,47?,48+,49?,50?,51+,52-,53+,54-,55?,56+,57-,58-,59+/m1/s1. The molecule has 1 saturated carbocycles. The van der Waals surface area contributed by atoms with Crippen molar-refractivity contribution in [3.8, 4) is 0 Å². The molecule has 0 aromatic rings. The van der Waals surface area contributed by atoms with Crippen LogP contribution in [0.15, 0.2) is 0 Å². The van der Waals surface area contributed by atoms with E-state index >= 15 is 0 Å². The van der Waals surface area contributed by atoms with Gasteiger partial charge in [0.1, 0.15) is 116 Å². The molecule has 0 spiro atoms. The number of unbranched alkanes of at least 4 members (excludes halogenated alkanes) is 24. The number of hydrogen-bond acceptors (Lipinski definition) is 27. The molecular weight excluding hydrogens is 1190 g/mol. The van der Waals surface area contributed by atoms with Gasteiger partial charge in [0, 0.05) is 12.8 Å². The molecule has 3 aliphatic heterocycles. The summed E-state index contributed by atoms with van der Waals surface area (Å²) >= 11 is 0. The highest BCUT2D eigenvalue weighted by molar-refractivity contribution is 7.47. The third-order valence-electron chi connectivity index (χ3n) is 16.8. The fraction of sp³-hybridized carbons (Fsp3) is 0.966. The van der Waals surface area contributed by atoms with Crippen LogP contribution in [0.1, 0.15) is 194 Å². The van der Waals surface area contributed by atoms with Gasteiger partial charge < -0.3 is 114 Å². The summed E-state index contributed by atoms with van der Waals surface area (Å²) in [5.41, 5.74) is 0. The van der Waals surface area contributed by atoms with Crippen molar-refractivity contribution in [2.45, 2.75) is 328 Å². The summed E-state index contributed by atoms with van der Waals surface area (Å²) in [6.07, 6.45) is -17.5. The van der Waals surface area contributed by atoms with Crippen molar-refractivity contribution < 1.29 is 137 Å². The van der Waals surface area contributed by atoms with Crippen LogP contribution in [0.4, 0.5) is 0 Å². The van der Waals surface area contributed by atoms with Crippen LogP contribution in [-0.4, -0.2) is 256 Å². The number of phosphoric ester groups is 1. The lowest BCUT2D eigenvalue weighted by Gasteiger charge is -2.49. The van der Waals surface area contributed by atoms with Gasteiger partial charge in [0.25, 0.3) is 0 Å². The van der Waals surface area contributed by atoms with Gasteiger partial charge in [0.2, 0.25) is 0 Å². The van der Waals surface area contributed by atoms with Gasteiger partial charge in [-0.2, -0.15) is 0 Å². The average molecular weight is 1300 g/mol. The minimum absolute atomic E-state index is 0.0245. The maximum absolute atomic E-state index is 14.2. The van der Waals surface area contributed by atoms with Gasteiger partial charge >= 0.3 is 19.8 Å². The molecule has 0 amide bonds. The first-order chi connectivity index (χ1) is 42.1. The number of esters is 2. The Kier molecular flexibility index (Phi) is 38.1. The first-order valence-corrected chi connectivity index (χ1v) is 33.9. The van der Waals surface area contributed by atoms with E-state index in [1.165, 1.54) is 89.9 Å². The number of hydrogen-bond donors (Lipinski definition) is 15. The lowest BCUT2D eigenvalue weighted by atomic mass is 9.84. The predicted molar refractivity (Wildman–Crippen MR) is 310 cm³/mol. The summed E-state index contributed by atoms with van der Waals surface area (Å²) in [7, 11) is -5.74. The van der Waals surface area contributed by atoms with E-state index in [0.29, 0.717) is 19.3 Å². The summed E-state index contributed by atoms with van der Waals surface area (Å²) in [4.78, 5) is 37.8. The van der Waals surface area contributed by atoms with Crippen LogP contribution in [-0.2, 0) is 61.1 Å². The zero-order valence-electron chi connectivity index (χ0n) is 51.5. The Hall–Kier alpha value is -1.75. The average Bonchev–Trinajstić information content (AvgIpc) is 2.27. The first kappa shape index (κ1) is 78.7. The summed E-state index contributed by atoms with van der Waals surface area (Å²) < 4.78 is 69.8. The highest BCUT2D eigenvalue weighted by Gasteiger charge is 2.58. The number of rotatable bonds is 45. The Morgan fingerprint density at radius 1 is 0.409 bits per heavy atom. The van der Waals surface area contributed by atoms with E-state index in [0.717, 1.165) is 57.8 Å². The highest BCUT2D eigenvalue weighted by Crippen LogP contribution is 2.49. The van der Waals surface area contributed by atoms with Gasteiger partial charge in [0.05, 0.1) is 26.4 Å². The second kappa shape index (κ2) is 42.6. The largest absolute Gasteiger partial charge is 0.472 e. The summed E-state index contributed by atoms with van der Waals surface area (Å²) in [6.45, 7) is 0.0614. The number of aliphatic hydroxyl groups is 14. The molecule has 4 aliphatic rings. The molecule has 3 saturated heterocycles. The fourth-order valence-corrected chi connectivity index (χ4v) is 12.2. The number of ether oxygens (including phenoxy) is 8. The predicted octanol–water partition coefficient (Wildman–Crippen LogP) is 1.20. The quantitative estimate of drug-likeness (QED) is 0.0231. The topological polar surface area (TPSA) is 447 Å². The molecule has 29 heteroatoms. The molecule has 23 atom stereocenters. The lowest BCUT2D eigenvalue weighted by molar-refractivity contribution is -0.364. The Labute approximate surface area is 517 Å². The van der Waals surface area contributed by atoms with Crippen LogP contribution in [0.25, 0.3) is 0 Å². The van der Waals surface area contributed by atoms with Gasteiger partial charge in [-0.05, 0) is 12.8 Å². The SMILES string of the molecule is CCCCCCCCCCCCCCCC(=O)OC[C@H](COP(=O)(O)O[C@@H]1C(O[C@@H]2OC(CO[C@@H]3OC(CO)[C@H](O)C(O)[C@@H]3O)[C@H](O)C(O)[C@@H]2O)C(O)[C@@H](O)C(O)[C@H]1O[C@H]1OC(CO)[C@@H](O)C(O)[C@H]1O)OC(=O)CCCCCCCCCCCCCCC. The molecule has 3 heterocycles. The summed E-state index contributed by atoms with van der Waals surface area (Å²) in [5.74, 6) is -1.39. The summed E-state index contributed by atoms with van der Waals surface area (Å²) in [6, 6.07) is 0. The molecule has 0 aromatic heterocycles. The zero-order valence-corrected chi connectivity index (χ0v) is 52.4. The first-order valence-electron chi connectivity index (χ1n) is 32.4. The van der Waals surface area contributed by atoms with Gasteiger partial charge in [-0.3, -0.25) is 18.6 Å². The molecule has 0 radical (unpaired) electrons. The normalized spacial score (nSPS) is 34.7. The molecule has 0 aromatic carbocycles. The second-order valence-corrected chi connectivity index (χ2v) is 25.4. The molecule has 4 fully saturated rings. The zero-order chi connectivity index (χ0) is 64.8. The van der Waals surface area contributed by atoms with Gasteiger partial charge in [-0.1, -0.05) is 168 Å². The Balaban J connectivity index is 1.49. The van der Waals surface area contributed by atoms with Crippen LogP contribution in [0, 0.1) is 0 Å². The minimum Gasteiger partial charge on any atom is -0.462 e. The van der Waals surface area contributed by atoms with Crippen molar-refractivity contribution in [1.29, 1.82) is 0 Å². The maximum atomic E-state index is 14.2. The van der Waals surface area contributed by atoms with Crippen LogP contribution in [0.5, 0.6) is 0 Å². The Morgan fingerprint density at radius 3 is 1.16 bits per heavy atom. The van der Waals surface area contributed by atoms with Gasteiger partial charge in [0.15, 0.2) is 25.0 Å². The number of aliphatic hydroxyl groups excluding tert-OH is 14. The van der Waals surface area contributed by atoms with E-state index in [1.807, 2.05) is 0 Å². The number of carbonyl (C=O) groups is 2. The monoisotopic (exact) mass is 1300 g/mol. The van der Waals surface area contributed by atoms with Crippen molar-refractivity contribution in [1.82, 2.24) is 0 Å². The Bertz CT molecular complexity index is 1910. The molecule has 10 unspecified atom stereocenters. The van der Waals surface area contributed by atoms with Crippen LogP contribution in [0.3, 0.4) is 0 Å². The van der Waals surface area contributed by atoms with Crippen LogP contribution in [0.2, 0.25) is 0 Å². The van der Waals surface area contributed by atoms with Crippen LogP contribution < -0.4 is 0 Å². The molecule has 0 bridgehead atoms. The Morgan fingerprint density at radius 2 is 0.750 bits per heavy atom. The van der Waals surface area contributed by atoms with E-state index in [4.69, 9.17) is 46.9 Å². The van der Waals surface area contributed by atoms with Crippen molar-refractivity contribution in [3.05, 3.63) is 0 Å². The molecule has 88 heavy (non-hydrogen) atoms.